The summed E-state index contributed by atoms with van der Waals surface area (Å²) in [6.07, 6.45) is 1.84. The number of hydrogen-bond donors (Lipinski definition) is 1. The van der Waals surface area contributed by atoms with Crippen LogP contribution in [0.3, 0.4) is 0 Å². The maximum Gasteiger partial charge on any atom is 0.213 e. The van der Waals surface area contributed by atoms with Gasteiger partial charge >= 0.3 is 0 Å². The SMILES string of the molecule is CCOC(=N)c1ccc(CN2CCn3nccc32)cc1.Cl. The predicted octanol–water partition coefficient (Wildman–Crippen LogP) is 2.69. The maximum absolute atomic E-state index is 7.76. The minimum atomic E-state index is 0. The molecule has 0 radical (unpaired) electrons. The number of fused-ring (bicyclic) bond motifs is 1. The van der Waals surface area contributed by atoms with Crippen molar-refractivity contribution >= 4 is 24.1 Å². The molecule has 1 aromatic carbocycles. The van der Waals surface area contributed by atoms with Crippen LogP contribution in [0.15, 0.2) is 36.5 Å². The second-order valence-corrected chi connectivity index (χ2v) is 4.79. The lowest BCUT2D eigenvalue weighted by atomic mass is 10.1. The maximum atomic E-state index is 7.76. The van der Waals surface area contributed by atoms with E-state index in [0.29, 0.717) is 6.61 Å². The van der Waals surface area contributed by atoms with Gasteiger partial charge in [-0.25, -0.2) is 4.68 Å². The molecule has 2 heterocycles. The zero-order chi connectivity index (χ0) is 13.9. The van der Waals surface area contributed by atoms with Crippen molar-refractivity contribution in [2.45, 2.75) is 20.0 Å². The number of benzene rings is 1. The van der Waals surface area contributed by atoms with Crippen LogP contribution in [0.25, 0.3) is 0 Å². The molecule has 1 aromatic heterocycles. The van der Waals surface area contributed by atoms with Crippen molar-refractivity contribution in [1.82, 2.24) is 9.78 Å². The fraction of sp³-hybridized carbons (Fsp3) is 0.333. The predicted molar refractivity (Wildman–Crippen MR) is 85.4 cm³/mol. The molecule has 0 spiro atoms. The number of hydrogen-bond acceptors (Lipinski definition) is 4. The lowest BCUT2D eigenvalue weighted by Crippen LogP contribution is -2.19. The zero-order valence-corrected chi connectivity index (χ0v) is 12.8. The number of halogens is 1. The molecule has 0 bridgehead atoms. The highest BCUT2D eigenvalue weighted by atomic mass is 35.5. The number of nitrogens with one attached hydrogen (secondary N) is 1. The van der Waals surface area contributed by atoms with Gasteiger partial charge in [0.1, 0.15) is 5.82 Å². The number of nitrogens with zero attached hydrogens (tertiary/aromatic N) is 3. The molecule has 5 nitrogen and oxygen atoms in total. The Hall–Kier alpha value is -2.01. The molecule has 1 N–H and O–H groups in total. The largest absolute Gasteiger partial charge is 0.478 e. The van der Waals surface area contributed by atoms with Crippen molar-refractivity contribution in [3.63, 3.8) is 0 Å². The minimum absolute atomic E-state index is 0. The molecule has 0 atom stereocenters. The van der Waals surface area contributed by atoms with E-state index in [1.807, 2.05) is 36.0 Å². The lowest BCUT2D eigenvalue weighted by molar-refractivity contribution is 0.325. The van der Waals surface area contributed by atoms with Crippen LogP contribution < -0.4 is 4.90 Å². The third-order valence-corrected chi connectivity index (χ3v) is 3.48. The summed E-state index contributed by atoms with van der Waals surface area (Å²) in [4.78, 5) is 2.32. The molecular formula is C15H19ClN4O. The summed E-state index contributed by atoms with van der Waals surface area (Å²) in [6.45, 7) is 5.24. The summed E-state index contributed by atoms with van der Waals surface area (Å²) in [6, 6.07) is 10.1. The molecule has 112 valence electrons. The van der Waals surface area contributed by atoms with Crippen molar-refractivity contribution in [3.05, 3.63) is 47.7 Å². The van der Waals surface area contributed by atoms with Crippen LogP contribution in [0.5, 0.6) is 0 Å². The molecule has 2 aromatic rings. The first kappa shape index (κ1) is 15.4. The van der Waals surface area contributed by atoms with Gasteiger partial charge in [-0.1, -0.05) is 12.1 Å². The summed E-state index contributed by atoms with van der Waals surface area (Å²) in [5.74, 6) is 1.41. The number of anilines is 1. The van der Waals surface area contributed by atoms with Gasteiger partial charge in [0.15, 0.2) is 0 Å². The monoisotopic (exact) mass is 306 g/mol. The fourth-order valence-electron chi connectivity index (χ4n) is 2.47. The van der Waals surface area contributed by atoms with Crippen LogP contribution in [0.1, 0.15) is 18.1 Å². The van der Waals surface area contributed by atoms with Gasteiger partial charge in [0.25, 0.3) is 0 Å². The first-order valence-electron chi connectivity index (χ1n) is 6.85. The van der Waals surface area contributed by atoms with Crippen LogP contribution in [0.4, 0.5) is 5.82 Å². The lowest BCUT2D eigenvalue weighted by Gasteiger charge is -2.17. The minimum Gasteiger partial charge on any atom is -0.478 e. The molecule has 3 rings (SSSR count). The summed E-state index contributed by atoms with van der Waals surface area (Å²) < 4.78 is 7.23. The molecule has 21 heavy (non-hydrogen) atoms. The smallest absolute Gasteiger partial charge is 0.213 e. The van der Waals surface area contributed by atoms with E-state index >= 15 is 0 Å². The van der Waals surface area contributed by atoms with E-state index in [1.54, 1.807) is 0 Å². The Balaban J connectivity index is 0.00000161. The van der Waals surface area contributed by atoms with E-state index in [4.69, 9.17) is 10.1 Å². The van der Waals surface area contributed by atoms with Crippen molar-refractivity contribution in [2.24, 2.45) is 0 Å². The van der Waals surface area contributed by atoms with Crippen LogP contribution in [0, 0.1) is 5.41 Å². The summed E-state index contributed by atoms with van der Waals surface area (Å²) in [5, 5.41) is 12.0. The Labute approximate surface area is 130 Å². The first-order valence-corrected chi connectivity index (χ1v) is 6.85. The van der Waals surface area contributed by atoms with Gasteiger partial charge in [0, 0.05) is 24.7 Å². The third kappa shape index (κ3) is 3.19. The molecule has 0 fully saturated rings. The second-order valence-electron chi connectivity index (χ2n) is 4.79. The highest BCUT2D eigenvalue weighted by molar-refractivity contribution is 5.91. The summed E-state index contributed by atoms with van der Waals surface area (Å²) in [7, 11) is 0. The van der Waals surface area contributed by atoms with E-state index in [9.17, 15) is 0 Å². The van der Waals surface area contributed by atoms with Gasteiger partial charge in [-0.15, -0.1) is 12.4 Å². The molecule has 1 aliphatic rings. The van der Waals surface area contributed by atoms with Crippen molar-refractivity contribution in [1.29, 1.82) is 5.41 Å². The molecule has 6 heteroatoms. The van der Waals surface area contributed by atoms with Gasteiger partial charge in [-0.2, -0.15) is 5.10 Å². The molecule has 0 aliphatic carbocycles. The van der Waals surface area contributed by atoms with Gasteiger partial charge in [-0.3, -0.25) is 5.41 Å². The zero-order valence-electron chi connectivity index (χ0n) is 12.0. The Morgan fingerprint density at radius 1 is 1.24 bits per heavy atom. The summed E-state index contributed by atoms with van der Waals surface area (Å²) in [5.41, 5.74) is 2.05. The molecule has 0 saturated carbocycles. The van der Waals surface area contributed by atoms with E-state index in [2.05, 4.69) is 22.1 Å². The highest BCUT2D eigenvalue weighted by Crippen LogP contribution is 2.22. The van der Waals surface area contributed by atoms with Gasteiger partial charge < -0.3 is 9.64 Å². The van der Waals surface area contributed by atoms with Crippen LogP contribution in [-0.2, 0) is 17.8 Å². The normalized spacial score (nSPS) is 12.7. The molecule has 0 unspecified atom stereocenters. The number of aromatic nitrogens is 2. The summed E-state index contributed by atoms with van der Waals surface area (Å²) >= 11 is 0. The topological polar surface area (TPSA) is 54.1 Å². The third-order valence-electron chi connectivity index (χ3n) is 3.48. The van der Waals surface area contributed by atoms with Crippen LogP contribution in [-0.4, -0.2) is 28.8 Å². The molecular weight excluding hydrogens is 288 g/mol. The molecule has 1 aliphatic heterocycles. The molecule has 0 amide bonds. The quantitative estimate of drug-likeness (QED) is 0.698. The van der Waals surface area contributed by atoms with E-state index < -0.39 is 0 Å². The van der Waals surface area contributed by atoms with Gasteiger partial charge in [-0.05, 0) is 24.6 Å². The molecule has 0 saturated heterocycles. The van der Waals surface area contributed by atoms with E-state index in [0.717, 1.165) is 25.2 Å². The van der Waals surface area contributed by atoms with Crippen molar-refractivity contribution in [2.75, 3.05) is 18.1 Å². The average molecular weight is 307 g/mol. The first-order chi connectivity index (χ1) is 9.78. The fourth-order valence-corrected chi connectivity index (χ4v) is 2.47. The Bertz CT molecular complexity index is 608. The second kappa shape index (κ2) is 6.63. The van der Waals surface area contributed by atoms with Crippen molar-refractivity contribution in [3.8, 4) is 0 Å². The van der Waals surface area contributed by atoms with Crippen LogP contribution >= 0.6 is 12.4 Å². The van der Waals surface area contributed by atoms with E-state index in [-0.39, 0.29) is 18.3 Å². The number of rotatable bonds is 4. The Kier molecular flexibility index (Phi) is 4.85. The Morgan fingerprint density at radius 3 is 2.71 bits per heavy atom. The Morgan fingerprint density at radius 2 is 2.00 bits per heavy atom. The highest BCUT2D eigenvalue weighted by Gasteiger charge is 2.18. The average Bonchev–Trinajstić information content (AvgIpc) is 3.05. The van der Waals surface area contributed by atoms with Crippen molar-refractivity contribution < 1.29 is 4.74 Å². The van der Waals surface area contributed by atoms with Gasteiger partial charge in [0.05, 0.1) is 19.3 Å². The van der Waals surface area contributed by atoms with E-state index in [1.165, 1.54) is 11.4 Å². The standard InChI is InChI=1S/C15H18N4O.ClH/c1-2-20-15(16)13-5-3-12(4-6-13)11-18-9-10-19-14(18)7-8-17-19;/h3-8,16H,2,9-11H2,1H3;1H. The van der Waals surface area contributed by atoms with Crippen LogP contribution in [0.2, 0.25) is 0 Å². The number of ether oxygens (including phenoxy) is 1. The van der Waals surface area contributed by atoms with Gasteiger partial charge in [0.2, 0.25) is 5.90 Å².